The predicted octanol–water partition coefficient (Wildman–Crippen LogP) is 8.46. The topological polar surface area (TPSA) is 13.0 Å². The van der Waals surface area contributed by atoms with Gasteiger partial charge in [0.05, 0.1) is 22.7 Å². The summed E-state index contributed by atoms with van der Waals surface area (Å²) in [6.45, 7) is 8.56. The van der Waals surface area contributed by atoms with E-state index in [4.69, 9.17) is 0 Å². The summed E-state index contributed by atoms with van der Waals surface area (Å²) in [6, 6.07) is 38.3. The Morgan fingerprint density at radius 1 is 0.462 bits per heavy atom. The van der Waals surface area contributed by atoms with Gasteiger partial charge in [-0.2, -0.15) is 0 Å². The van der Waals surface area contributed by atoms with Crippen molar-refractivity contribution < 1.29 is 0 Å². The van der Waals surface area contributed by atoms with Gasteiger partial charge in [0.15, 0.2) is 0 Å². The summed E-state index contributed by atoms with van der Waals surface area (Å²) < 4.78 is 0. The Balaban J connectivity index is 1.49. The van der Waals surface area contributed by atoms with E-state index in [9.17, 15) is 0 Å². The summed E-state index contributed by atoms with van der Waals surface area (Å²) in [5, 5.41) is 2.49. The van der Waals surface area contributed by atoms with Crippen LogP contribution >= 0.6 is 0 Å². The average molecular weight is 511 g/mol. The van der Waals surface area contributed by atoms with Crippen LogP contribution < -0.4 is 14.7 Å². The van der Waals surface area contributed by atoms with Gasteiger partial charge in [-0.05, 0) is 86.3 Å². The highest BCUT2D eigenvalue weighted by atomic mass is 15.3. The van der Waals surface area contributed by atoms with E-state index in [2.05, 4.69) is 144 Å². The SMILES string of the molecule is Cc1ccc(N2c3ccc(N4CCN(C)CC4)cc3N(c3ccc(C)cc3)c3cc4ccccc4cc32)cc1. The molecule has 0 amide bonds. The van der Waals surface area contributed by atoms with Crippen LogP contribution in [-0.2, 0) is 0 Å². The van der Waals surface area contributed by atoms with Gasteiger partial charge < -0.3 is 19.6 Å². The Hall–Kier alpha value is -4.28. The summed E-state index contributed by atoms with van der Waals surface area (Å²) in [5.41, 5.74) is 11.0. The zero-order chi connectivity index (χ0) is 26.5. The summed E-state index contributed by atoms with van der Waals surface area (Å²) in [7, 11) is 2.21. The molecule has 1 saturated heterocycles. The van der Waals surface area contributed by atoms with Crippen molar-refractivity contribution >= 4 is 50.6 Å². The van der Waals surface area contributed by atoms with E-state index in [1.54, 1.807) is 0 Å². The van der Waals surface area contributed by atoms with Gasteiger partial charge >= 0.3 is 0 Å². The molecular formula is C35H34N4. The predicted molar refractivity (Wildman–Crippen MR) is 166 cm³/mol. The van der Waals surface area contributed by atoms with Crippen molar-refractivity contribution in [3.05, 3.63) is 114 Å². The fourth-order valence-electron chi connectivity index (χ4n) is 5.92. The maximum Gasteiger partial charge on any atom is 0.0723 e. The minimum Gasteiger partial charge on any atom is -0.369 e. The molecule has 0 unspecified atom stereocenters. The fraction of sp³-hybridized carbons (Fsp3) is 0.200. The van der Waals surface area contributed by atoms with Gasteiger partial charge in [-0.25, -0.2) is 0 Å². The lowest BCUT2D eigenvalue weighted by molar-refractivity contribution is 0.313. The van der Waals surface area contributed by atoms with E-state index in [1.807, 2.05) is 0 Å². The zero-order valence-corrected chi connectivity index (χ0v) is 22.9. The van der Waals surface area contributed by atoms with Gasteiger partial charge in [0.25, 0.3) is 0 Å². The van der Waals surface area contributed by atoms with Gasteiger partial charge in [0, 0.05) is 43.2 Å². The van der Waals surface area contributed by atoms with Gasteiger partial charge in [-0.1, -0.05) is 59.7 Å². The van der Waals surface area contributed by atoms with Crippen molar-refractivity contribution in [2.45, 2.75) is 13.8 Å². The Morgan fingerprint density at radius 2 is 0.923 bits per heavy atom. The van der Waals surface area contributed by atoms with Crippen LogP contribution in [0.2, 0.25) is 0 Å². The smallest absolute Gasteiger partial charge is 0.0723 e. The maximum atomic E-state index is 2.53. The summed E-state index contributed by atoms with van der Waals surface area (Å²) in [4.78, 5) is 9.84. The fourth-order valence-corrected chi connectivity index (χ4v) is 5.92. The number of hydrogen-bond donors (Lipinski definition) is 0. The Labute approximate surface area is 231 Å². The van der Waals surface area contributed by atoms with E-state index in [0.29, 0.717) is 0 Å². The van der Waals surface area contributed by atoms with Crippen LogP contribution in [0.5, 0.6) is 0 Å². The molecular weight excluding hydrogens is 476 g/mol. The van der Waals surface area contributed by atoms with E-state index >= 15 is 0 Å². The molecule has 1 fully saturated rings. The van der Waals surface area contributed by atoms with Crippen LogP contribution in [0, 0.1) is 13.8 Å². The largest absolute Gasteiger partial charge is 0.369 e. The number of hydrogen-bond acceptors (Lipinski definition) is 4. The van der Waals surface area contributed by atoms with E-state index in [0.717, 1.165) is 26.2 Å². The molecule has 0 spiro atoms. The molecule has 0 radical (unpaired) electrons. The van der Waals surface area contributed by atoms with Crippen LogP contribution in [0.1, 0.15) is 11.1 Å². The molecule has 0 saturated carbocycles. The Kier molecular flexibility index (Phi) is 5.79. The molecule has 7 rings (SSSR count). The lowest BCUT2D eigenvalue weighted by Crippen LogP contribution is -2.44. The van der Waals surface area contributed by atoms with Crippen LogP contribution in [0.15, 0.2) is 103 Å². The molecule has 2 aliphatic heterocycles. The minimum atomic E-state index is 1.04. The normalized spacial score (nSPS) is 15.4. The molecule has 0 aromatic heterocycles. The molecule has 5 aromatic carbocycles. The number of fused-ring (bicyclic) bond motifs is 3. The molecule has 194 valence electrons. The highest BCUT2D eigenvalue weighted by Gasteiger charge is 2.32. The molecule has 4 heteroatoms. The monoisotopic (exact) mass is 510 g/mol. The quantitative estimate of drug-likeness (QED) is 0.237. The van der Waals surface area contributed by atoms with Crippen LogP contribution in [-0.4, -0.2) is 38.1 Å². The summed E-state index contributed by atoms with van der Waals surface area (Å²) in [5.74, 6) is 0. The first-order valence-corrected chi connectivity index (χ1v) is 13.9. The first-order chi connectivity index (χ1) is 19.0. The third-order valence-electron chi connectivity index (χ3n) is 8.22. The summed E-state index contributed by atoms with van der Waals surface area (Å²) in [6.07, 6.45) is 0. The Bertz CT molecular complexity index is 1650. The highest BCUT2D eigenvalue weighted by Crippen LogP contribution is 2.55. The first-order valence-electron chi connectivity index (χ1n) is 13.9. The number of aryl methyl sites for hydroxylation is 2. The van der Waals surface area contributed by atoms with Crippen molar-refractivity contribution in [1.29, 1.82) is 0 Å². The highest BCUT2D eigenvalue weighted by molar-refractivity contribution is 6.06. The van der Waals surface area contributed by atoms with E-state index in [-0.39, 0.29) is 0 Å². The van der Waals surface area contributed by atoms with Crippen molar-refractivity contribution in [3.8, 4) is 0 Å². The average Bonchev–Trinajstić information content (AvgIpc) is 2.96. The number of benzene rings is 5. The number of likely N-dealkylation sites (N-methyl/N-ethyl adjacent to an activating group) is 1. The lowest BCUT2D eigenvalue weighted by atomic mass is 10.00. The van der Waals surface area contributed by atoms with Crippen molar-refractivity contribution in [3.63, 3.8) is 0 Å². The second-order valence-electron chi connectivity index (χ2n) is 11.0. The van der Waals surface area contributed by atoms with Gasteiger partial charge in [-0.3, -0.25) is 0 Å². The lowest BCUT2D eigenvalue weighted by Gasteiger charge is -2.42. The van der Waals surface area contributed by atoms with E-state index < -0.39 is 0 Å². The molecule has 0 aliphatic carbocycles. The van der Waals surface area contributed by atoms with Crippen molar-refractivity contribution in [2.75, 3.05) is 47.9 Å². The van der Waals surface area contributed by atoms with Gasteiger partial charge in [0.1, 0.15) is 0 Å². The second kappa shape index (κ2) is 9.48. The molecule has 39 heavy (non-hydrogen) atoms. The molecule has 0 N–H and O–H groups in total. The molecule has 0 atom stereocenters. The molecule has 5 aromatic rings. The Morgan fingerprint density at radius 3 is 1.46 bits per heavy atom. The minimum absolute atomic E-state index is 1.04. The zero-order valence-electron chi connectivity index (χ0n) is 22.9. The molecule has 4 nitrogen and oxygen atoms in total. The summed E-state index contributed by atoms with van der Waals surface area (Å²) >= 11 is 0. The first kappa shape index (κ1) is 23.8. The van der Waals surface area contributed by atoms with E-state index in [1.165, 1.54) is 61.7 Å². The second-order valence-corrected chi connectivity index (χ2v) is 11.0. The van der Waals surface area contributed by atoms with Crippen LogP contribution in [0.4, 0.5) is 39.8 Å². The van der Waals surface area contributed by atoms with Crippen molar-refractivity contribution in [2.24, 2.45) is 0 Å². The third-order valence-corrected chi connectivity index (χ3v) is 8.22. The van der Waals surface area contributed by atoms with Gasteiger partial charge in [-0.15, -0.1) is 0 Å². The third kappa shape index (κ3) is 4.21. The standard InChI is InChI=1S/C35H34N4/c1-25-8-12-29(13-9-25)38-32-17-16-31(37-20-18-36(3)19-21-37)24-35(32)39(30-14-10-26(2)11-15-30)34-23-28-7-5-4-6-27(28)22-33(34)38/h4-17,22-24H,18-21H2,1-3H3. The van der Waals surface area contributed by atoms with Crippen molar-refractivity contribution in [1.82, 2.24) is 4.90 Å². The number of piperazine rings is 1. The van der Waals surface area contributed by atoms with Crippen LogP contribution in [0.3, 0.4) is 0 Å². The number of rotatable bonds is 3. The molecule has 2 heterocycles. The maximum absolute atomic E-state index is 2.53. The molecule has 0 bridgehead atoms. The molecule has 2 aliphatic rings. The van der Waals surface area contributed by atoms with Crippen LogP contribution in [0.25, 0.3) is 10.8 Å². The van der Waals surface area contributed by atoms with Gasteiger partial charge in [0.2, 0.25) is 0 Å². The number of nitrogens with zero attached hydrogens (tertiary/aromatic N) is 4. The number of anilines is 7.